The van der Waals surface area contributed by atoms with Crippen molar-refractivity contribution >= 4 is 42.7 Å². The lowest BCUT2D eigenvalue weighted by Gasteiger charge is -2.42. The molecule has 1 aromatic carbocycles. The van der Waals surface area contributed by atoms with Crippen molar-refractivity contribution in [2.75, 3.05) is 6.26 Å². The molecule has 1 aliphatic heterocycles. The van der Waals surface area contributed by atoms with E-state index in [1.165, 1.54) is 17.3 Å². The topological polar surface area (TPSA) is 61.8 Å². The third kappa shape index (κ3) is 4.67. The maximum atomic E-state index is 12.7. The Kier molecular flexibility index (Phi) is 7.25. The van der Waals surface area contributed by atoms with E-state index in [0.717, 1.165) is 23.3 Å². The van der Waals surface area contributed by atoms with Crippen LogP contribution in [0.3, 0.4) is 0 Å². The minimum atomic E-state index is -2.12. The molecule has 1 saturated heterocycles. The lowest BCUT2D eigenvalue weighted by atomic mass is 10.0. The smallest absolute Gasteiger partial charge is 0.350 e. The number of hydrogen-bond donors (Lipinski definition) is 0. The Bertz CT molecular complexity index is 976. The van der Waals surface area contributed by atoms with Gasteiger partial charge in [-0.3, -0.25) is 0 Å². The van der Waals surface area contributed by atoms with Crippen molar-refractivity contribution in [1.82, 2.24) is 0 Å². The van der Waals surface area contributed by atoms with Crippen LogP contribution >= 0.6 is 11.8 Å². The monoisotopic (exact) mass is 488 g/mol. The molecule has 33 heavy (non-hydrogen) atoms. The highest BCUT2D eigenvalue weighted by Gasteiger charge is 2.48. The molecule has 0 amide bonds. The molecule has 0 atom stereocenters. The van der Waals surface area contributed by atoms with Gasteiger partial charge in [0.05, 0.1) is 0 Å². The number of allylic oxidation sites excluding steroid dienone is 1. The van der Waals surface area contributed by atoms with Crippen molar-refractivity contribution in [1.29, 1.82) is 0 Å². The van der Waals surface area contributed by atoms with E-state index in [1.807, 2.05) is 18.4 Å². The largest absolute Gasteiger partial charge is 0.542 e. The molecule has 0 radical (unpaired) electrons. The fourth-order valence-corrected chi connectivity index (χ4v) is 11.3. The molecule has 180 valence electrons. The Morgan fingerprint density at radius 1 is 1.00 bits per heavy atom. The Labute approximate surface area is 203 Å². The molecule has 3 rings (SSSR count). The minimum absolute atomic E-state index is 0.0542. The first-order valence-electron chi connectivity index (χ1n) is 11.6. The van der Waals surface area contributed by atoms with Gasteiger partial charge in [0.15, 0.2) is 5.57 Å². The van der Waals surface area contributed by atoms with Gasteiger partial charge in [-0.15, -0.1) is 11.8 Å². The van der Waals surface area contributed by atoms with E-state index in [9.17, 15) is 9.59 Å². The lowest BCUT2D eigenvalue weighted by molar-refractivity contribution is -0.222. The summed E-state index contributed by atoms with van der Waals surface area (Å²) >= 11 is 1.34. The van der Waals surface area contributed by atoms with Gasteiger partial charge in [0.25, 0.3) is 14.1 Å². The number of carbonyl (C=O) groups excluding carboxylic acids is 2. The maximum Gasteiger partial charge on any atom is 0.350 e. The molecule has 0 saturated carbocycles. The Hall–Kier alpha value is -1.99. The van der Waals surface area contributed by atoms with Gasteiger partial charge in [0.1, 0.15) is 5.76 Å². The number of esters is 2. The summed E-state index contributed by atoms with van der Waals surface area (Å²) in [6.45, 7) is 16.8. The Morgan fingerprint density at radius 3 is 2.03 bits per heavy atom. The van der Waals surface area contributed by atoms with E-state index >= 15 is 0 Å². The zero-order chi connectivity index (χ0) is 24.7. The summed E-state index contributed by atoms with van der Waals surface area (Å²) in [5, 5.41) is 0. The summed E-state index contributed by atoms with van der Waals surface area (Å²) in [5.74, 6) is -1.64. The molecular weight excluding hydrogens is 452 g/mol. The summed E-state index contributed by atoms with van der Waals surface area (Å²) in [4.78, 5) is 25.9. The van der Waals surface area contributed by atoms with Gasteiger partial charge in [0, 0.05) is 24.3 Å². The second-order valence-electron chi connectivity index (χ2n) is 10.2. The van der Waals surface area contributed by atoms with Gasteiger partial charge in [-0.2, -0.15) is 0 Å². The number of cyclic esters (lactones) is 2. The van der Waals surface area contributed by atoms with Crippen LogP contribution in [0.15, 0.2) is 29.8 Å². The van der Waals surface area contributed by atoms with E-state index in [4.69, 9.17) is 13.9 Å². The van der Waals surface area contributed by atoms with Crippen LogP contribution in [-0.4, -0.2) is 32.3 Å². The molecule has 0 unspecified atom stereocenters. The third-order valence-corrected chi connectivity index (χ3v) is 13.5. The van der Waals surface area contributed by atoms with Crippen LogP contribution in [0.4, 0.5) is 0 Å². The number of benzene rings is 1. The summed E-state index contributed by atoms with van der Waals surface area (Å²) < 4.78 is 17.7. The number of hydrogen-bond acceptors (Lipinski definition) is 6. The van der Waals surface area contributed by atoms with Crippen LogP contribution in [0.2, 0.25) is 16.6 Å². The molecule has 0 spiro atoms. The molecular formula is C26H36O5SSi. The SMILES string of the molecule is CSC(=C1C(=O)OC(C)(C)OC1=O)c1ccc2c(c1)C(O[Si](C(C)C)(C(C)C)C(C)C)=CC2. The second-order valence-corrected chi connectivity index (χ2v) is 16.3. The van der Waals surface area contributed by atoms with Crippen molar-refractivity contribution in [2.24, 2.45) is 0 Å². The maximum absolute atomic E-state index is 12.7. The minimum Gasteiger partial charge on any atom is -0.542 e. The summed E-state index contributed by atoms with van der Waals surface area (Å²) in [5.41, 5.74) is 4.34. The van der Waals surface area contributed by atoms with E-state index < -0.39 is 26.0 Å². The number of ether oxygens (including phenoxy) is 2. The molecule has 1 aliphatic carbocycles. The lowest BCUT2D eigenvalue weighted by Crippen LogP contribution is -2.47. The molecule has 2 aliphatic rings. The fourth-order valence-electron chi connectivity index (χ4n) is 5.28. The normalized spacial score (nSPS) is 17.8. The molecule has 7 heteroatoms. The summed E-state index contributed by atoms with van der Waals surface area (Å²) in [7, 11) is -2.12. The molecule has 1 heterocycles. The van der Waals surface area contributed by atoms with Gasteiger partial charge in [-0.1, -0.05) is 53.7 Å². The Morgan fingerprint density at radius 2 is 1.55 bits per heavy atom. The highest BCUT2D eigenvalue weighted by atomic mass is 32.2. The third-order valence-electron chi connectivity index (χ3n) is 6.66. The molecule has 0 N–H and O–H groups in total. The van der Waals surface area contributed by atoms with Gasteiger partial charge in [-0.25, -0.2) is 9.59 Å². The van der Waals surface area contributed by atoms with Crippen LogP contribution in [0.1, 0.15) is 72.1 Å². The highest BCUT2D eigenvalue weighted by molar-refractivity contribution is 8.07. The standard InChI is InChI=1S/C26H36O5SSi/c1-15(2)33(16(3)4,17(5)6)31-21-13-12-18-10-11-19(14-20(18)21)23(32-9)22-24(27)29-26(7,8)30-25(22)28/h10-11,13-17H,12H2,1-9H3. The first-order chi connectivity index (χ1) is 15.3. The van der Waals surface area contributed by atoms with Crippen molar-refractivity contribution < 1.29 is 23.5 Å². The van der Waals surface area contributed by atoms with Crippen molar-refractivity contribution in [2.45, 2.75) is 84.2 Å². The van der Waals surface area contributed by atoms with E-state index in [-0.39, 0.29) is 5.57 Å². The van der Waals surface area contributed by atoms with E-state index in [0.29, 0.717) is 21.5 Å². The van der Waals surface area contributed by atoms with Crippen molar-refractivity contribution in [3.63, 3.8) is 0 Å². The first-order valence-corrected chi connectivity index (χ1v) is 15.0. The number of thioether (sulfide) groups is 1. The Balaban J connectivity index is 2.05. The van der Waals surface area contributed by atoms with Crippen molar-refractivity contribution in [3.8, 4) is 0 Å². The van der Waals surface area contributed by atoms with Gasteiger partial charge in [0.2, 0.25) is 0 Å². The van der Waals surface area contributed by atoms with Crippen LogP contribution in [0, 0.1) is 0 Å². The van der Waals surface area contributed by atoms with Gasteiger partial charge >= 0.3 is 11.9 Å². The highest BCUT2D eigenvalue weighted by Crippen LogP contribution is 2.47. The summed E-state index contributed by atoms with van der Waals surface area (Å²) in [6, 6.07) is 6.04. The molecule has 0 aromatic heterocycles. The van der Waals surface area contributed by atoms with Crippen LogP contribution < -0.4 is 0 Å². The quantitative estimate of drug-likeness (QED) is 0.184. The molecule has 5 nitrogen and oxygen atoms in total. The number of rotatable bonds is 7. The zero-order valence-corrected chi connectivity index (χ0v) is 23.0. The predicted octanol–water partition coefficient (Wildman–Crippen LogP) is 6.69. The van der Waals surface area contributed by atoms with E-state index in [2.05, 4.69) is 53.7 Å². The average Bonchev–Trinajstić information content (AvgIpc) is 3.09. The summed E-state index contributed by atoms with van der Waals surface area (Å²) in [6.07, 6.45) is 4.82. The average molecular weight is 489 g/mol. The van der Waals surface area contributed by atoms with Crippen LogP contribution in [0.5, 0.6) is 0 Å². The van der Waals surface area contributed by atoms with Gasteiger partial charge < -0.3 is 13.9 Å². The molecule has 1 aromatic rings. The zero-order valence-electron chi connectivity index (χ0n) is 21.2. The van der Waals surface area contributed by atoms with Crippen LogP contribution in [0.25, 0.3) is 10.7 Å². The number of carbonyl (C=O) groups is 2. The van der Waals surface area contributed by atoms with Gasteiger partial charge in [-0.05, 0) is 52.6 Å². The van der Waals surface area contributed by atoms with Crippen molar-refractivity contribution in [3.05, 3.63) is 46.5 Å². The molecule has 1 fully saturated rings. The second kappa shape index (κ2) is 9.33. The predicted molar refractivity (Wildman–Crippen MR) is 137 cm³/mol. The van der Waals surface area contributed by atoms with Crippen LogP contribution in [-0.2, 0) is 29.9 Å². The first kappa shape index (κ1) is 25.6. The fraction of sp³-hybridized carbons (Fsp3) is 0.538. The molecule has 0 bridgehead atoms. The number of fused-ring (bicyclic) bond motifs is 1. The van der Waals surface area contributed by atoms with E-state index in [1.54, 1.807) is 13.8 Å².